The molecule has 0 unspecified atom stereocenters. The first-order valence-electron chi connectivity index (χ1n) is 5.04. The molecule has 0 aliphatic carbocycles. The second-order valence-electron chi connectivity index (χ2n) is 3.54. The Kier molecular flexibility index (Phi) is 3.78. The zero-order chi connectivity index (χ0) is 13.1. The Balaban J connectivity index is 2.22. The molecule has 1 N–H and O–H groups in total. The molecule has 0 atom stereocenters. The van der Waals surface area contributed by atoms with E-state index in [1.807, 2.05) is 0 Å². The Morgan fingerprint density at radius 3 is 3.11 bits per heavy atom. The van der Waals surface area contributed by atoms with Gasteiger partial charge in [0.2, 0.25) is 6.29 Å². The lowest BCUT2D eigenvalue weighted by atomic mass is 10.4. The maximum atomic E-state index is 10.7. The van der Waals surface area contributed by atoms with Crippen molar-refractivity contribution in [2.45, 2.75) is 6.54 Å². The van der Waals surface area contributed by atoms with E-state index in [-0.39, 0.29) is 12.1 Å². The number of nitrogens with one attached hydrogen (secondary N) is 1. The number of nitrogens with zero attached hydrogens (tertiary/aromatic N) is 3. The zero-order valence-electron chi connectivity index (χ0n) is 9.13. The van der Waals surface area contributed by atoms with Crippen LogP contribution in [0.25, 0.3) is 0 Å². The lowest BCUT2D eigenvalue weighted by Crippen LogP contribution is -2.23. The van der Waals surface area contributed by atoms with Gasteiger partial charge in [0.1, 0.15) is 0 Å². The molecule has 1 fully saturated rings. The second kappa shape index (κ2) is 5.32. The zero-order valence-corrected chi connectivity index (χ0v) is 10.7. The Hall–Kier alpha value is -1.67. The van der Waals surface area contributed by atoms with E-state index in [2.05, 4.69) is 10.3 Å². The SMILES string of the molecule is O=C/C(=C1\NCCN1Cc1cnc(Cl)s1)[N+](=O)[O-]. The second-order valence-corrected chi connectivity index (χ2v) is 5.23. The molecule has 0 bridgehead atoms. The monoisotopic (exact) mass is 288 g/mol. The summed E-state index contributed by atoms with van der Waals surface area (Å²) >= 11 is 7.03. The van der Waals surface area contributed by atoms with E-state index in [1.54, 1.807) is 11.1 Å². The fourth-order valence-corrected chi connectivity index (χ4v) is 2.67. The van der Waals surface area contributed by atoms with Crippen LogP contribution < -0.4 is 5.32 Å². The molecule has 7 nitrogen and oxygen atoms in total. The molecule has 2 rings (SSSR count). The van der Waals surface area contributed by atoms with E-state index in [9.17, 15) is 14.9 Å². The van der Waals surface area contributed by atoms with Crippen LogP contribution in [0.1, 0.15) is 4.88 Å². The fourth-order valence-electron chi connectivity index (χ4n) is 1.67. The highest BCUT2D eigenvalue weighted by Crippen LogP contribution is 2.22. The third-order valence-corrected chi connectivity index (χ3v) is 3.51. The molecule has 0 radical (unpaired) electrons. The molecule has 1 aromatic rings. The minimum absolute atomic E-state index is 0.250. The van der Waals surface area contributed by atoms with Crippen LogP contribution in [-0.4, -0.2) is 34.2 Å². The predicted octanol–water partition coefficient (Wildman–Crippen LogP) is 0.846. The van der Waals surface area contributed by atoms with Gasteiger partial charge in [0, 0.05) is 24.2 Å². The third-order valence-electron chi connectivity index (χ3n) is 2.41. The first kappa shape index (κ1) is 12.8. The van der Waals surface area contributed by atoms with E-state index in [1.165, 1.54) is 11.3 Å². The van der Waals surface area contributed by atoms with Gasteiger partial charge in [-0.25, -0.2) is 4.98 Å². The van der Waals surface area contributed by atoms with Gasteiger partial charge in [-0.15, -0.1) is 11.3 Å². The van der Waals surface area contributed by atoms with Crippen molar-refractivity contribution in [3.05, 3.63) is 37.2 Å². The van der Waals surface area contributed by atoms with Gasteiger partial charge >= 0.3 is 5.70 Å². The van der Waals surface area contributed by atoms with Gasteiger partial charge in [-0.2, -0.15) is 0 Å². The van der Waals surface area contributed by atoms with E-state index in [0.717, 1.165) is 4.88 Å². The summed E-state index contributed by atoms with van der Waals surface area (Å²) in [6, 6.07) is 0. The lowest BCUT2D eigenvalue weighted by molar-refractivity contribution is -0.419. The first-order valence-corrected chi connectivity index (χ1v) is 6.24. The van der Waals surface area contributed by atoms with E-state index >= 15 is 0 Å². The minimum Gasteiger partial charge on any atom is -0.364 e. The normalized spacial score (nSPS) is 17.5. The first-order chi connectivity index (χ1) is 8.61. The molecule has 2 heterocycles. The van der Waals surface area contributed by atoms with Gasteiger partial charge < -0.3 is 10.2 Å². The highest BCUT2D eigenvalue weighted by Gasteiger charge is 2.27. The Morgan fingerprint density at radius 1 is 1.78 bits per heavy atom. The number of aldehydes is 1. The summed E-state index contributed by atoms with van der Waals surface area (Å²) in [5.41, 5.74) is -0.455. The summed E-state index contributed by atoms with van der Waals surface area (Å²) in [5, 5.41) is 13.6. The molecule has 1 saturated heterocycles. The van der Waals surface area contributed by atoms with Crippen LogP contribution in [-0.2, 0) is 11.3 Å². The summed E-state index contributed by atoms with van der Waals surface area (Å²) in [6.45, 7) is 1.60. The molecule has 9 heteroatoms. The Morgan fingerprint density at radius 2 is 2.56 bits per heavy atom. The molecule has 1 aromatic heterocycles. The predicted molar refractivity (Wildman–Crippen MR) is 65.6 cm³/mol. The number of nitro groups is 1. The van der Waals surface area contributed by atoms with Gasteiger partial charge in [0.25, 0.3) is 0 Å². The highest BCUT2D eigenvalue weighted by molar-refractivity contribution is 7.15. The number of halogens is 1. The minimum atomic E-state index is -0.687. The summed E-state index contributed by atoms with van der Waals surface area (Å²) in [6.07, 6.45) is 1.87. The van der Waals surface area contributed by atoms with Crippen molar-refractivity contribution in [1.29, 1.82) is 0 Å². The summed E-state index contributed by atoms with van der Waals surface area (Å²) in [5.74, 6) is 0.250. The molecule has 1 aliphatic rings. The maximum Gasteiger partial charge on any atom is 0.348 e. The number of hydrogen-bond acceptors (Lipinski definition) is 7. The molecule has 96 valence electrons. The smallest absolute Gasteiger partial charge is 0.348 e. The van der Waals surface area contributed by atoms with Gasteiger partial charge in [-0.1, -0.05) is 11.6 Å². The van der Waals surface area contributed by atoms with Crippen LogP contribution in [0.15, 0.2) is 17.7 Å². The van der Waals surface area contributed by atoms with E-state index in [4.69, 9.17) is 11.6 Å². The Bertz CT molecular complexity index is 516. The Labute approximate surface area is 111 Å². The number of thiazole rings is 1. The number of carbonyl (C=O) groups excluding carboxylic acids is 1. The van der Waals surface area contributed by atoms with Crippen LogP contribution in [0.2, 0.25) is 4.47 Å². The summed E-state index contributed by atoms with van der Waals surface area (Å²) in [7, 11) is 0. The summed E-state index contributed by atoms with van der Waals surface area (Å²) in [4.78, 5) is 27.3. The molecule has 0 amide bonds. The highest BCUT2D eigenvalue weighted by atomic mass is 35.5. The van der Waals surface area contributed by atoms with Gasteiger partial charge in [0.15, 0.2) is 10.3 Å². The number of carbonyl (C=O) groups is 1. The van der Waals surface area contributed by atoms with Gasteiger partial charge in [-0.05, 0) is 0 Å². The van der Waals surface area contributed by atoms with E-state index in [0.29, 0.717) is 24.1 Å². The van der Waals surface area contributed by atoms with Crippen molar-refractivity contribution < 1.29 is 9.72 Å². The number of aromatic nitrogens is 1. The van der Waals surface area contributed by atoms with E-state index < -0.39 is 10.6 Å². The van der Waals surface area contributed by atoms with Crippen molar-refractivity contribution >= 4 is 29.2 Å². The lowest BCUT2D eigenvalue weighted by Gasteiger charge is -2.16. The van der Waals surface area contributed by atoms with Gasteiger partial charge in [0.05, 0.1) is 11.5 Å². The molecule has 1 aliphatic heterocycles. The van der Waals surface area contributed by atoms with Crippen LogP contribution in [0, 0.1) is 10.1 Å². The molecular weight excluding hydrogens is 280 g/mol. The van der Waals surface area contributed by atoms with Gasteiger partial charge in [-0.3, -0.25) is 14.9 Å². The van der Waals surface area contributed by atoms with Crippen molar-refractivity contribution in [1.82, 2.24) is 15.2 Å². The van der Waals surface area contributed by atoms with Crippen molar-refractivity contribution in [3.63, 3.8) is 0 Å². The summed E-state index contributed by atoms with van der Waals surface area (Å²) < 4.78 is 0.424. The topological polar surface area (TPSA) is 88.4 Å². The van der Waals surface area contributed by atoms with Crippen molar-refractivity contribution in [2.75, 3.05) is 13.1 Å². The number of allylic oxidation sites excluding steroid dienone is 1. The molecule has 0 saturated carbocycles. The average molecular weight is 289 g/mol. The molecule has 18 heavy (non-hydrogen) atoms. The maximum absolute atomic E-state index is 10.7. The van der Waals surface area contributed by atoms with Crippen LogP contribution in [0.4, 0.5) is 0 Å². The molecule has 0 aromatic carbocycles. The van der Waals surface area contributed by atoms with Crippen LogP contribution >= 0.6 is 22.9 Å². The fraction of sp³-hybridized carbons (Fsp3) is 0.333. The van der Waals surface area contributed by atoms with Crippen molar-refractivity contribution in [2.24, 2.45) is 0 Å². The number of rotatable bonds is 4. The molecule has 0 spiro atoms. The average Bonchev–Trinajstić information content (AvgIpc) is 2.90. The van der Waals surface area contributed by atoms with Crippen LogP contribution in [0.3, 0.4) is 0 Å². The quantitative estimate of drug-likeness (QED) is 0.382. The molecular formula is C9H9ClN4O3S. The number of hydrogen-bond donors (Lipinski definition) is 1. The van der Waals surface area contributed by atoms with Crippen molar-refractivity contribution in [3.8, 4) is 0 Å². The largest absolute Gasteiger partial charge is 0.364 e. The third kappa shape index (κ3) is 2.59. The standard InChI is InChI=1S/C9H9ClN4O3S/c10-9-12-3-6(18-9)4-13-2-1-11-8(13)7(5-15)14(16)17/h3,5,11H,1-2,4H2/b8-7-. The van der Waals surface area contributed by atoms with Crippen LogP contribution in [0.5, 0.6) is 0 Å².